The van der Waals surface area contributed by atoms with Crippen molar-refractivity contribution in [1.29, 1.82) is 0 Å². The molecule has 0 aliphatic carbocycles. The van der Waals surface area contributed by atoms with Crippen molar-refractivity contribution in [2.45, 2.75) is 13.5 Å². The van der Waals surface area contributed by atoms with E-state index in [0.29, 0.717) is 0 Å². The molecular weight excluding hydrogens is 288 g/mol. The lowest BCUT2D eigenvalue weighted by Crippen LogP contribution is -2.19. The Kier molecular flexibility index (Phi) is 3.69. The van der Waals surface area contributed by atoms with E-state index in [1.807, 2.05) is 36.6 Å². The fraction of sp³-hybridized carbons (Fsp3) is 0.154. The van der Waals surface area contributed by atoms with Gasteiger partial charge in [0, 0.05) is 16.6 Å². The molecule has 1 N–H and O–H groups in total. The van der Waals surface area contributed by atoms with E-state index in [9.17, 15) is 4.79 Å². The number of tetrazole rings is 1. The number of hydrogen-bond acceptors (Lipinski definition) is 6. The third-order valence-electron chi connectivity index (χ3n) is 2.78. The van der Waals surface area contributed by atoms with Gasteiger partial charge in [0.1, 0.15) is 12.9 Å². The van der Waals surface area contributed by atoms with Crippen molar-refractivity contribution < 1.29 is 4.79 Å². The molecule has 1 amide bonds. The van der Waals surface area contributed by atoms with E-state index in [0.717, 1.165) is 22.0 Å². The van der Waals surface area contributed by atoms with Gasteiger partial charge in [-0.15, -0.1) is 16.4 Å². The SMILES string of the molecule is Cc1nc(-c2ccc(NC(=O)Cn3cnnn3)cc2)cs1. The molecule has 0 atom stereocenters. The summed E-state index contributed by atoms with van der Waals surface area (Å²) in [6.45, 7) is 2.06. The predicted molar refractivity (Wildman–Crippen MR) is 78.7 cm³/mol. The lowest BCUT2D eigenvalue weighted by Gasteiger charge is -2.05. The van der Waals surface area contributed by atoms with E-state index in [2.05, 4.69) is 25.8 Å². The van der Waals surface area contributed by atoms with Gasteiger partial charge < -0.3 is 5.32 Å². The van der Waals surface area contributed by atoms with Crippen LogP contribution in [0.3, 0.4) is 0 Å². The van der Waals surface area contributed by atoms with Crippen LogP contribution in [0.1, 0.15) is 5.01 Å². The van der Waals surface area contributed by atoms with Crippen molar-refractivity contribution >= 4 is 22.9 Å². The van der Waals surface area contributed by atoms with Crippen LogP contribution in [0.5, 0.6) is 0 Å². The maximum Gasteiger partial charge on any atom is 0.246 e. The van der Waals surface area contributed by atoms with Gasteiger partial charge in [0.25, 0.3) is 0 Å². The molecule has 0 bridgehead atoms. The minimum absolute atomic E-state index is 0.0834. The average Bonchev–Trinajstić information content (AvgIpc) is 3.11. The summed E-state index contributed by atoms with van der Waals surface area (Å²) in [5, 5.41) is 16.4. The highest BCUT2D eigenvalue weighted by molar-refractivity contribution is 7.09. The molecule has 0 spiro atoms. The second-order valence-electron chi connectivity index (χ2n) is 4.38. The molecule has 3 aromatic rings. The quantitative estimate of drug-likeness (QED) is 0.793. The number of aromatic nitrogens is 5. The zero-order chi connectivity index (χ0) is 14.7. The third-order valence-corrected chi connectivity index (χ3v) is 3.55. The van der Waals surface area contributed by atoms with Crippen molar-refractivity contribution in [1.82, 2.24) is 25.2 Å². The Bertz CT molecular complexity index is 734. The Morgan fingerprint density at radius 2 is 2.14 bits per heavy atom. The smallest absolute Gasteiger partial charge is 0.246 e. The topological polar surface area (TPSA) is 85.6 Å². The second-order valence-corrected chi connectivity index (χ2v) is 5.45. The first-order chi connectivity index (χ1) is 10.2. The Balaban J connectivity index is 1.65. The van der Waals surface area contributed by atoms with Gasteiger partial charge >= 0.3 is 0 Å². The number of thiazole rings is 1. The molecule has 0 radical (unpaired) electrons. The highest BCUT2D eigenvalue weighted by atomic mass is 32.1. The number of amides is 1. The number of aryl methyl sites for hydroxylation is 1. The molecule has 2 heterocycles. The van der Waals surface area contributed by atoms with Crippen LogP contribution in [0.25, 0.3) is 11.3 Å². The Morgan fingerprint density at radius 1 is 1.33 bits per heavy atom. The number of carbonyl (C=O) groups is 1. The molecular formula is C13H12N6OS. The van der Waals surface area contributed by atoms with Gasteiger partial charge in [-0.3, -0.25) is 4.79 Å². The van der Waals surface area contributed by atoms with Crippen molar-refractivity contribution in [2.75, 3.05) is 5.32 Å². The van der Waals surface area contributed by atoms with E-state index in [1.165, 1.54) is 11.0 Å². The van der Waals surface area contributed by atoms with E-state index in [4.69, 9.17) is 0 Å². The minimum atomic E-state index is -0.181. The number of anilines is 1. The van der Waals surface area contributed by atoms with Crippen molar-refractivity contribution in [3.8, 4) is 11.3 Å². The van der Waals surface area contributed by atoms with Gasteiger partial charge in [0.05, 0.1) is 10.7 Å². The maximum atomic E-state index is 11.8. The van der Waals surface area contributed by atoms with E-state index >= 15 is 0 Å². The largest absolute Gasteiger partial charge is 0.324 e. The normalized spacial score (nSPS) is 10.5. The summed E-state index contributed by atoms with van der Waals surface area (Å²) in [5.41, 5.74) is 2.70. The van der Waals surface area contributed by atoms with Gasteiger partial charge in [-0.2, -0.15) is 0 Å². The second kappa shape index (κ2) is 5.80. The van der Waals surface area contributed by atoms with Crippen LogP contribution in [0.15, 0.2) is 36.0 Å². The first kappa shape index (κ1) is 13.4. The standard InChI is InChI=1S/C13H12N6OS/c1-9-15-12(7-21-9)10-2-4-11(5-3-10)16-13(20)6-19-8-14-17-18-19/h2-5,7-8H,6H2,1H3,(H,16,20). The molecule has 0 saturated carbocycles. The average molecular weight is 300 g/mol. The molecule has 0 saturated heterocycles. The van der Waals surface area contributed by atoms with Crippen LogP contribution in [-0.4, -0.2) is 31.1 Å². The summed E-state index contributed by atoms with van der Waals surface area (Å²) in [5.74, 6) is -0.181. The maximum absolute atomic E-state index is 11.8. The number of nitrogens with zero attached hydrogens (tertiary/aromatic N) is 5. The van der Waals surface area contributed by atoms with Gasteiger partial charge in [-0.25, -0.2) is 9.67 Å². The van der Waals surface area contributed by atoms with Crippen LogP contribution in [0.2, 0.25) is 0 Å². The number of rotatable bonds is 4. The van der Waals surface area contributed by atoms with Crippen LogP contribution < -0.4 is 5.32 Å². The van der Waals surface area contributed by atoms with Gasteiger partial charge in [0.2, 0.25) is 5.91 Å². The fourth-order valence-electron chi connectivity index (χ4n) is 1.82. The van der Waals surface area contributed by atoms with Crippen molar-refractivity contribution in [2.24, 2.45) is 0 Å². The van der Waals surface area contributed by atoms with E-state index in [-0.39, 0.29) is 12.5 Å². The minimum Gasteiger partial charge on any atom is -0.324 e. The van der Waals surface area contributed by atoms with Gasteiger partial charge in [0.15, 0.2) is 0 Å². The van der Waals surface area contributed by atoms with Crippen molar-refractivity contribution in [3.63, 3.8) is 0 Å². The molecule has 3 rings (SSSR count). The number of hydrogen-bond donors (Lipinski definition) is 1. The molecule has 7 nitrogen and oxygen atoms in total. The first-order valence-electron chi connectivity index (χ1n) is 6.24. The predicted octanol–water partition coefficient (Wildman–Crippen LogP) is 1.74. The highest BCUT2D eigenvalue weighted by Crippen LogP contribution is 2.23. The number of benzene rings is 1. The summed E-state index contributed by atoms with van der Waals surface area (Å²) in [6.07, 6.45) is 1.40. The zero-order valence-corrected chi connectivity index (χ0v) is 12.0. The lowest BCUT2D eigenvalue weighted by molar-refractivity contribution is -0.116. The monoisotopic (exact) mass is 300 g/mol. The van der Waals surface area contributed by atoms with E-state index in [1.54, 1.807) is 11.3 Å². The molecule has 0 fully saturated rings. The van der Waals surface area contributed by atoms with Crippen molar-refractivity contribution in [3.05, 3.63) is 41.0 Å². The molecule has 1 aromatic carbocycles. The van der Waals surface area contributed by atoms with Crippen LogP contribution in [-0.2, 0) is 11.3 Å². The zero-order valence-electron chi connectivity index (χ0n) is 11.2. The molecule has 2 aromatic heterocycles. The summed E-state index contributed by atoms with van der Waals surface area (Å²) >= 11 is 1.61. The van der Waals surface area contributed by atoms with Crippen LogP contribution in [0, 0.1) is 6.92 Å². The summed E-state index contributed by atoms with van der Waals surface area (Å²) < 4.78 is 1.36. The van der Waals surface area contributed by atoms with E-state index < -0.39 is 0 Å². The molecule has 106 valence electrons. The summed E-state index contributed by atoms with van der Waals surface area (Å²) in [4.78, 5) is 16.2. The van der Waals surface area contributed by atoms with Gasteiger partial charge in [-0.05, 0) is 29.5 Å². The fourth-order valence-corrected chi connectivity index (χ4v) is 2.44. The first-order valence-corrected chi connectivity index (χ1v) is 7.12. The Labute approximate surface area is 124 Å². The Morgan fingerprint density at radius 3 is 2.76 bits per heavy atom. The molecule has 0 unspecified atom stereocenters. The molecule has 21 heavy (non-hydrogen) atoms. The lowest BCUT2D eigenvalue weighted by atomic mass is 10.1. The summed E-state index contributed by atoms with van der Waals surface area (Å²) in [6, 6.07) is 7.56. The van der Waals surface area contributed by atoms with Crippen LogP contribution in [0.4, 0.5) is 5.69 Å². The van der Waals surface area contributed by atoms with Gasteiger partial charge in [-0.1, -0.05) is 12.1 Å². The van der Waals surface area contributed by atoms with Crippen LogP contribution >= 0.6 is 11.3 Å². The molecule has 0 aliphatic heterocycles. The highest BCUT2D eigenvalue weighted by Gasteiger charge is 2.06. The molecule has 0 aliphatic rings. The number of carbonyl (C=O) groups excluding carboxylic acids is 1. The summed E-state index contributed by atoms with van der Waals surface area (Å²) in [7, 11) is 0. The molecule has 8 heteroatoms. The third kappa shape index (κ3) is 3.29. The Hall–Kier alpha value is -2.61. The number of nitrogens with one attached hydrogen (secondary N) is 1.